The molecule has 0 aliphatic carbocycles. The van der Waals surface area contributed by atoms with Gasteiger partial charge in [-0.2, -0.15) is 0 Å². The van der Waals surface area contributed by atoms with Crippen molar-refractivity contribution in [1.29, 1.82) is 0 Å². The van der Waals surface area contributed by atoms with E-state index in [0.717, 1.165) is 11.3 Å². The highest BCUT2D eigenvalue weighted by molar-refractivity contribution is 5.19. The maximum absolute atomic E-state index is 11.5. The van der Waals surface area contributed by atoms with Crippen LogP contribution in [0.15, 0.2) is 41.7 Å². The van der Waals surface area contributed by atoms with E-state index in [0.29, 0.717) is 13.1 Å². The summed E-state index contributed by atoms with van der Waals surface area (Å²) in [6.07, 6.45) is 4.68. The zero-order valence-corrected chi connectivity index (χ0v) is 8.71. The molecule has 0 amide bonds. The topological polar surface area (TPSA) is 73.8 Å². The molecule has 2 N–H and O–H groups in total. The third-order valence-corrected chi connectivity index (χ3v) is 2.31. The Morgan fingerprint density at radius 1 is 1.31 bits per heavy atom. The molecule has 5 nitrogen and oxygen atoms in total. The second-order valence-corrected chi connectivity index (χ2v) is 3.36. The van der Waals surface area contributed by atoms with Gasteiger partial charge in [0.1, 0.15) is 0 Å². The number of hydrogen-bond donors (Lipinski definition) is 1. The summed E-state index contributed by atoms with van der Waals surface area (Å²) in [6.45, 7) is 0.818. The summed E-state index contributed by atoms with van der Waals surface area (Å²) in [5.74, 6) is 0. The Kier molecular flexibility index (Phi) is 3.07. The predicted octanol–water partition coefficient (Wildman–Crippen LogP) is 0.145. The fourth-order valence-electron chi connectivity index (χ4n) is 1.48. The van der Waals surface area contributed by atoms with Crippen LogP contribution in [0.2, 0.25) is 0 Å². The average molecular weight is 216 g/mol. The molecule has 5 heteroatoms. The molecule has 0 unspecified atom stereocenters. The second-order valence-electron chi connectivity index (χ2n) is 3.36. The summed E-state index contributed by atoms with van der Waals surface area (Å²) in [6, 6.07) is 5.17. The summed E-state index contributed by atoms with van der Waals surface area (Å²) in [4.78, 5) is 19.6. The van der Waals surface area contributed by atoms with Gasteiger partial charge >= 0.3 is 0 Å². The van der Waals surface area contributed by atoms with E-state index in [1.165, 1.54) is 23.2 Å². The van der Waals surface area contributed by atoms with E-state index in [4.69, 9.17) is 5.73 Å². The van der Waals surface area contributed by atoms with Crippen LogP contribution >= 0.6 is 0 Å². The van der Waals surface area contributed by atoms with Gasteiger partial charge in [-0.1, -0.05) is 6.07 Å². The molecule has 0 aromatic carbocycles. The lowest BCUT2D eigenvalue weighted by Crippen LogP contribution is -2.20. The van der Waals surface area contributed by atoms with Crippen molar-refractivity contribution < 1.29 is 0 Å². The quantitative estimate of drug-likeness (QED) is 0.792. The molecule has 2 heterocycles. The zero-order chi connectivity index (χ0) is 11.4. The van der Waals surface area contributed by atoms with Crippen LogP contribution < -0.4 is 11.3 Å². The Labute approximate surface area is 92.6 Å². The summed E-state index contributed by atoms with van der Waals surface area (Å²) >= 11 is 0. The molecule has 0 bridgehead atoms. The normalized spacial score (nSPS) is 10.3. The van der Waals surface area contributed by atoms with Gasteiger partial charge < -0.3 is 5.73 Å². The number of aromatic nitrogens is 3. The Hall–Kier alpha value is -2.01. The first-order valence-electron chi connectivity index (χ1n) is 4.94. The number of rotatable bonds is 3. The van der Waals surface area contributed by atoms with E-state index in [9.17, 15) is 4.79 Å². The largest absolute Gasteiger partial charge is 0.325 e. The first-order valence-corrected chi connectivity index (χ1v) is 4.94. The van der Waals surface area contributed by atoms with Crippen molar-refractivity contribution in [2.75, 3.05) is 0 Å². The molecule has 0 saturated carbocycles. The fraction of sp³-hybridized carbons (Fsp3) is 0.182. The lowest BCUT2D eigenvalue weighted by Gasteiger charge is -2.07. The van der Waals surface area contributed by atoms with Gasteiger partial charge in [0.05, 0.1) is 18.6 Å². The number of nitrogens with zero attached hydrogens (tertiary/aromatic N) is 3. The van der Waals surface area contributed by atoms with Crippen LogP contribution in [0.5, 0.6) is 0 Å². The van der Waals surface area contributed by atoms with E-state index in [1.807, 2.05) is 12.1 Å². The van der Waals surface area contributed by atoms with Gasteiger partial charge in [0.2, 0.25) is 0 Å². The van der Waals surface area contributed by atoms with Gasteiger partial charge in [-0.15, -0.1) is 0 Å². The van der Waals surface area contributed by atoms with Gasteiger partial charge in [-0.3, -0.25) is 14.3 Å². The minimum absolute atomic E-state index is 0.0816. The number of pyridine rings is 1. The Morgan fingerprint density at radius 3 is 2.94 bits per heavy atom. The Morgan fingerprint density at radius 2 is 2.19 bits per heavy atom. The molecule has 0 radical (unpaired) electrons. The molecular formula is C11H12N4O. The van der Waals surface area contributed by atoms with Gasteiger partial charge in [-0.05, 0) is 11.6 Å². The highest BCUT2D eigenvalue weighted by Gasteiger charge is 2.03. The maximum atomic E-state index is 11.5. The van der Waals surface area contributed by atoms with Gasteiger partial charge in [0, 0.05) is 25.0 Å². The van der Waals surface area contributed by atoms with Gasteiger partial charge in [0.15, 0.2) is 0 Å². The highest BCUT2D eigenvalue weighted by atomic mass is 16.1. The number of nitrogens with two attached hydrogens (primary N) is 1. The third-order valence-electron chi connectivity index (χ3n) is 2.31. The summed E-state index contributed by atoms with van der Waals surface area (Å²) in [7, 11) is 0. The molecule has 2 rings (SSSR count). The third kappa shape index (κ3) is 2.14. The van der Waals surface area contributed by atoms with Crippen molar-refractivity contribution >= 4 is 0 Å². The lowest BCUT2D eigenvalue weighted by molar-refractivity contribution is 0.722. The van der Waals surface area contributed by atoms with Crippen LogP contribution in [0.25, 0.3) is 0 Å². The zero-order valence-electron chi connectivity index (χ0n) is 8.71. The minimum Gasteiger partial charge on any atom is -0.325 e. The minimum atomic E-state index is -0.0816. The molecular weight excluding hydrogens is 204 g/mol. The molecule has 2 aromatic rings. The van der Waals surface area contributed by atoms with Crippen LogP contribution in [0.4, 0.5) is 0 Å². The fourth-order valence-corrected chi connectivity index (χ4v) is 1.48. The van der Waals surface area contributed by atoms with Crippen molar-refractivity contribution in [2.24, 2.45) is 5.73 Å². The van der Waals surface area contributed by atoms with Crippen LogP contribution in [0, 0.1) is 0 Å². The number of hydrogen-bond acceptors (Lipinski definition) is 4. The molecule has 0 atom stereocenters. The van der Waals surface area contributed by atoms with Crippen LogP contribution in [-0.2, 0) is 13.1 Å². The van der Waals surface area contributed by atoms with Gasteiger partial charge in [0.25, 0.3) is 5.56 Å². The molecule has 0 aliphatic rings. The first-order chi connectivity index (χ1) is 7.81. The van der Waals surface area contributed by atoms with E-state index in [-0.39, 0.29) is 5.56 Å². The molecule has 0 saturated heterocycles. The maximum Gasteiger partial charge on any atom is 0.253 e. The monoisotopic (exact) mass is 216 g/mol. The molecule has 16 heavy (non-hydrogen) atoms. The van der Waals surface area contributed by atoms with Crippen molar-refractivity contribution in [3.63, 3.8) is 0 Å². The smallest absolute Gasteiger partial charge is 0.253 e. The van der Waals surface area contributed by atoms with Crippen LogP contribution in [-0.4, -0.2) is 14.5 Å². The van der Waals surface area contributed by atoms with E-state index < -0.39 is 0 Å². The molecule has 82 valence electrons. The molecule has 0 aliphatic heterocycles. The molecule has 0 fully saturated rings. The van der Waals surface area contributed by atoms with Crippen molar-refractivity contribution in [3.8, 4) is 0 Å². The van der Waals surface area contributed by atoms with Crippen molar-refractivity contribution in [2.45, 2.75) is 13.1 Å². The Balaban J connectivity index is 2.34. The summed E-state index contributed by atoms with van der Waals surface area (Å²) in [5, 5.41) is 0. The van der Waals surface area contributed by atoms with E-state index in [2.05, 4.69) is 9.97 Å². The second kappa shape index (κ2) is 4.67. The predicted molar refractivity (Wildman–Crippen MR) is 59.7 cm³/mol. The van der Waals surface area contributed by atoms with E-state index >= 15 is 0 Å². The van der Waals surface area contributed by atoms with E-state index in [1.54, 1.807) is 6.20 Å². The van der Waals surface area contributed by atoms with Crippen molar-refractivity contribution in [3.05, 3.63) is 58.5 Å². The standard InChI is InChI=1S/C11H12N4O/c12-6-10-9(2-1-4-14-10)7-15-8-13-5-3-11(15)16/h1-5,8H,6-7,12H2. The van der Waals surface area contributed by atoms with Gasteiger partial charge in [-0.25, -0.2) is 4.98 Å². The lowest BCUT2D eigenvalue weighted by atomic mass is 10.2. The van der Waals surface area contributed by atoms with Crippen molar-refractivity contribution in [1.82, 2.24) is 14.5 Å². The SMILES string of the molecule is NCc1ncccc1Cn1cnccc1=O. The molecule has 0 spiro atoms. The first kappa shape index (κ1) is 10.5. The molecule has 2 aromatic heterocycles. The summed E-state index contributed by atoms with van der Waals surface area (Å²) in [5.41, 5.74) is 7.24. The average Bonchev–Trinajstić information content (AvgIpc) is 2.33. The summed E-state index contributed by atoms with van der Waals surface area (Å²) < 4.78 is 1.52. The highest BCUT2D eigenvalue weighted by Crippen LogP contribution is 2.05. The Bertz CT molecular complexity index is 535. The van der Waals surface area contributed by atoms with Crippen LogP contribution in [0.1, 0.15) is 11.3 Å². The van der Waals surface area contributed by atoms with Crippen LogP contribution in [0.3, 0.4) is 0 Å².